The summed E-state index contributed by atoms with van der Waals surface area (Å²) in [6.45, 7) is 4.68. The summed E-state index contributed by atoms with van der Waals surface area (Å²) in [5.41, 5.74) is 6.02. The molecule has 1 aliphatic heterocycles. The van der Waals surface area contributed by atoms with E-state index in [2.05, 4.69) is 59.4 Å². The molecule has 3 fully saturated rings. The second kappa shape index (κ2) is 7.64. The van der Waals surface area contributed by atoms with Crippen LogP contribution in [0.25, 0.3) is 11.8 Å². The third kappa shape index (κ3) is 2.86. The highest BCUT2D eigenvalue weighted by atomic mass is 15.2. The highest BCUT2D eigenvalue weighted by Gasteiger charge is 2.56. The fourth-order valence-corrected chi connectivity index (χ4v) is 7.98. The van der Waals surface area contributed by atoms with E-state index in [1.807, 2.05) is 0 Å². The van der Waals surface area contributed by atoms with Crippen LogP contribution in [0.3, 0.4) is 0 Å². The standard InChI is InChI=1S/C29H39N2/c1-21-11-3-10-18-26(21)30-22(2)27-19-20-29(24-14-6-7-15-24,25-16-8-9-17-25)31(27)28(30)23-12-4-5-13-23/h3,10-11,18-20,23-25H,4-9,12-17H2,1-2H3/q+1. The van der Waals surface area contributed by atoms with Gasteiger partial charge in [-0.1, -0.05) is 56.7 Å². The van der Waals surface area contributed by atoms with E-state index >= 15 is 0 Å². The molecule has 0 atom stereocenters. The van der Waals surface area contributed by atoms with Gasteiger partial charge in [0.1, 0.15) is 11.2 Å². The number of imidazole rings is 1. The van der Waals surface area contributed by atoms with E-state index in [1.54, 1.807) is 5.82 Å². The number of rotatable bonds is 4. The van der Waals surface area contributed by atoms with E-state index in [0.29, 0.717) is 5.92 Å². The van der Waals surface area contributed by atoms with Crippen molar-refractivity contribution >= 4 is 6.08 Å². The first-order valence-electron chi connectivity index (χ1n) is 13.1. The molecule has 2 aromatic rings. The summed E-state index contributed by atoms with van der Waals surface area (Å²) in [5.74, 6) is 3.99. The second-order valence-corrected chi connectivity index (χ2v) is 11.0. The van der Waals surface area contributed by atoms with Crippen molar-refractivity contribution in [2.75, 3.05) is 0 Å². The average Bonchev–Trinajstić information content (AvgIpc) is 3.58. The minimum absolute atomic E-state index is 0.235. The maximum Gasteiger partial charge on any atom is 0.266 e. The number of benzene rings is 1. The summed E-state index contributed by atoms with van der Waals surface area (Å²) in [7, 11) is 0. The van der Waals surface area contributed by atoms with E-state index in [4.69, 9.17) is 0 Å². The molecule has 0 saturated heterocycles. The Morgan fingerprint density at radius 3 is 2.00 bits per heavy atom. The van der Waals surface area contributed by atoms with Crippen LogP contribution in [0.4, 0.5) is 0 Å². The molecule has 3 aliphatic carbocycles. The zero-order valence-electron chi connectivity index (χ0n) is 19.6. The number of fused-ring (bicyclic) bond motifs is 1. The monoisotopic (exact) mass is 415 g/mol. The van der Waals surface area contributed by atoms with Crippen LogP contribution in [-0.2, 0) is 5.54 Å². The number of hydrogen-bond donors (Lipinski definition) is 0. The summed E-state index contributed by atoms with van der Waals surface area (Å²) in [6.07, 6.45) is 22.2. The van der Waals surface area contributed by atoms with Crippen molar-refractivity contribution in [3.63, 3.8) is 0 Å². The fraction of sp³-hybridized carbons (Fsp3) is 0.621. The Bertz CT molecular complexity index is 976. The molecule has 2 heteroatoms. The van der Waals surface area contributed by atoms with Crippen LogP contribution in [0.5, 0.6) is 0 Å². The smallest absolute Gasteiger partial charge is 0.217 e. The van der Waals surface area contributed by atoms with Gasteiger partial charge in [0, 0.05) is 18.8 Å². The third-order valence-electron chi connectivity index (χ3n) is 9.40. The maximum atomic E-state index is 2.96. The zero-order valence-corrected chi connectivity index (χ0v) is 19.6. The van der Waals surface area contributed by atoms with E-state index in [-0.39, 0.29) is 5.54 Å². The maximum absolute atomic E-state index is 2.96. The minimum atomic E-state index is 0.235. The van der Waals surface area contributed by atoms with Crippen LogP contribution in [0.15, 0.2) is 30.3 Å². The topological polar surface area (TPSA) is 8.81 Å². The van der Waals surface area contributed by atoms with E-state index in [1.165, 1.54) is 99.7 Å². The van der Waals surface area contributed by atoms with Gasteiger partial charge in [0.05, 0.1) is 5.92 Å². The first-order valence-corrected chi connectivity index (χ1v) is 13.1. The molecule has 0 bridgehead atoms. The fourth-order valence-electron chi connectivity index (χ4n) is 7.98. The van der Waals surface area contributed by atoms with Gasteiger partial charge in [-0.05, 0) is 69.2 Å². The van der Waals surface area contributed by atoms with Crippen molar-refractivity contribution in [3.8, 4) is 5.69 Å². The Hall–Kier alpha value is -1.83. The SMILES string of the molecule is Cc1ccccc1-n1c(C)c2[n+](c1C1CCCC1)C(C1CCCC1)(C1CCCC1)C=C2. The van der Waals surface area contributed by atoms with Gasteiger partial charge in [-0.3, -0.25) is 0 Å². The van der Waals surface area contributed by atoms with Crippen molar-refractivity contribution in [3.05, 3.63) is 53.1 Å². The molecule has 2 nitrogen and oxygen atoms in total. The van der Waals surface area contributed by atoms with Crippen LogP contribution in [0, 0.1) is 25.7 Å². The number of hydrogen-bond acceptors (Lipinski definition) is 0. The van der Waals surface area contributed by atoms with Gasteiger partial charge >= 0.3 is 0 Å². The van der Waals surface area contributed by atoms with Gasteiger partial charge in [-0.2, -0.15) is 4.57 Å². The molecule has 164 valence electrons. The number of allylic oxidation sites excluding steroid dienone is 1. The molecular weight excluding hydrogens is 376 g/mol. The Kier molecular flexibility index (Phi) is 4.89. The molecule has 1 aromatic carbocycles. The lowest BCUT2D eigenvalue weighted by molar-refractivity contribution is -0.772. The summed E-state index contributed by atoms with van der Waals surface area (Å²) in [6, 6.07) is 9.06. The molecular formula is C29H39N2+. The van der Waals surface area contributed by atoms with Gasteiger partial charge in [-0.25, -0.2) is 4.57 Å². The molecule has 0 N–H and O–H groups in total. The van der Waals surface area contributed by atoms with Crippen LogP contribution in [0.2, 0.25) is 0 Å². The molecule has 1 aromatic heterocycles. The van der Waals surface area contributed by atoms with Gasteiger partial charge < -0.3 is 0 Å². The van der Waals surface area contributed by atoms with Crippen LogP contribution >= 0.6 is 0 Å². The van der Waals surface area contributed by atoms with E-state index < -0.39 is 0 Å². The summed E-state index contributed by atoms with van der Waals surface area (Å²) >= 11 is 0. The molecule has 31 heavy (non-hydrogen) atoms. The Morgan fingerprint density at radius 1 is 0.806 bits per heavy atom. The van der Waals surface area contributed by atoms with Crippen molar-refractivity contribution < 1.29 is 4.57 Å². The van der Waals surface area contributed by atoms with Crippen molar-refractivity contribution in [2.24, 2.45) is 11.8 Å². The molecule has 6 rings (SSSR count). The summed E-state index contributed by atoms with van der Waals surface area (Å²) < 4.78 is 5.65. The van der Waals surface area contributed by atoms with Gasteiger partial charge in [0.2, 0.25) is 0 Å². The Balaban J connectivity index is 1.63. The highest BCUT2D eigenvalue weighted by molar-refractivity contribution is 5.54. The minimum Gasteiger partial charge on any atom is -0.217 e. The van der Waals surface area contributed by atoms with Crippen molar-refractivity contribution in [2.45, 2.75) is 102 Å². The van der Waals surface area contributed by atoms with Crippen LogP contribution in [-0.4, -0.2) is 4.57 Å². The number of aryl methyl sites for hydroxylation is 1. The van der Waals surface area contributed by atoms with E-state index in [9.17, 15) is 0 Å². The second-order valence-electron chi connectivity index (χ2n) is 11.0. The zero-order chi connectivity index (χ0) is 21.0. The molecule has 2 heterocycles. The molecule has 0 amide bonds. The third-order valence-corrected chi connectivity index (χ3v) is 9.40. The molecule has 3 saturated carbocycles. The van der Waals surface area contributed by atoms with E-state index in [0.717, 1.165) is 11.8 Å². The van der Waals surface area contributed by atoms with Crippen molar-refractivity contribution in [1.82, 2.24) is 4.57 Å². The predicted molar refractivity (Wildman–Crippen MR) is 128 cm³/mol. The molecule has 4 aliphatic rings. The highest BCUT2D eigenvalue weighted by Crippen LogP contribution is 2.51. The normalized spacial score (nSPS) is 23.9. The lowest BCUT2D eigenvalue weighted by Crippen LogP contribution is -2.63. The Labute approximate surface area is 188 Å². The number of nitrogens with zero attached hydrogens (tertiary/aromatic N) is 2. The molecule has 0 radical (unpaired) electrons. The first-order chi connectivity index (χ1) is 15.2. The van der Waals surface area contributed by atoms with Crippen LogP contribution < -0.4 is 4.57 Å². The quantitative estimate of drug-likeness (QED) is 0.469. The van der Waals surface area contributed by atoms with Gasteiger partial charge in [0.25, 0.3) is 5.82 Å². The van der Waals surface area contributed by atoms with Gasteiger partial charge in [-0.15, -0.1) is 0 Å². The molecule has 0 unspecified atom stereocenters. The average molecular weight is 416 g/mol. The largest absolute Gasteiger partial charge is 0.266 e. The number of para-hydroxylation sites is 1. The summed E-state index contributed by atoms with van der Waals surface area (Å²) in [5, 5.41) is 0. The van der Waals surface area contributed by atoms with Crippen LogP contribution in [0.1, 0.15) is 106 Å². The Morgan fingerprint density at radius 2 is 1.39 bits per heavy atom. The first kappa shape index (κ1) is 19.8. The van der Waals surface area contributed by atoms with Crippen molar-refractivity contribution in [1.29, 1.82) is 0 Å². The predicted octanol–water partition coefficient (Wildman–Crippen LogP) is 7.14. The number of aromatic nitrogens is 2. The summed E-state index contributed by atoms with van der Waals surface area (Å²) in [4.78, 5) is 0. The lowest BCUT2D eigenvalue weighted by Gasteiger charge is -2.38. The van der Waals surface area contributed by atoms with Gasteiger partial charge in [0.15, 0.2) is 11.4 Å². The molecule has 0 spiro atoms. The lowest BCUT2D eigenvalue weighted by atomic mass is 9.72.